The second-order valence-corrected chi connectivity index (χ2v) is 9.83. The standard InChI is InChI=1S/C19H26O4S2/c1-19(2,3)23-18(21)15-9-5-6-10-16(15)22-17(20)11-7-4-8-14-12-13-24-25-14/h5-6,9-10,14H,4,7-8,11-13H2,1-3H3. The van der Waals surface area contributed by atoms with Crippen molar-refractivity contribution in [3.63, 3.8) is 0 Å². The molecular weight excluding hydrogens is 356 g/mol. The van der Waals surface area contributed by atoms with Crippen molar-refractivity contribution in [2.75, 3.05) is 5.75 Å². The fourth-order valence-corrected chi connectivity index (χ4v) is 5.46. The first kappa shape index (κ1) is 20.2. The molecule has 0 N–H and O–H groups in total. The Bertz CT molecular complexity index is 589. The van der Waals surface area contributed by atoms with Crippen LogP contribution in [-0.2, 0) is 9.53 Å². The molecular formula is C19H26O4S2. The van der Waals surface area contributed by atoms with E-state index in [1.807, 2.05) is 21.6 Å². The second-order valence-electron chi connectivity index (χ2n) is 7.05. The van der Waals surface area contributed by atoms with Gasteiger partial charge in [0.05, 0.1) is 0 Å². The molecule has 1 atom stereocenters. The van der Waals surface area contributed by atoms with Crippen LogP contribution in [0.25, 0.3) is 0 Å². The molecule has 1 heterocycles. The maximum atomic E-state index is 12.3. The Labute approximate surface area is 157 Å². The molecule has 0 aromatic heterocycles. The van der Waals surface area contributed by atoms with Gasteiger partial charge in [-0.15, -0.1) is 0 Å². The van der Waals surface area contributed by atoms with Crippen LogP contribution in [0.2, 0.25) is 0 Å². The van der Waals surface area contributed by atoms with Gasteiger partial charge in [0.1, 0.15) is 16.9 Å². The smallest absolute Gasteiger partial charge is 0.342 e. The van der Waals surface area contributed by atoms with Gasteiger partial charge in [0.2, 0.25) is 0 Å². The Morgan fingerprint density at radius 1 is 1.20 bits per heavy atom. The SMILES string of the molecule is CC(C)(C)OC(=O)c1ccccc1OC(=O)CCCCC1CCSS1. The van der Waals surface area contributed by atoms with E-state index in [0.29, 0.717) is 6.42 Å². The van der Waals surface area contributed by atoms with Crippen molar-refractivity contribution in [2.24, 2.45) is 0 Å². The summed E-state index contributed by atoms with van der Waals surface area (Å²) in [5.74, 6) is 0.722. The van der Waals surface area contributed by atoms with Gasteiger partial charge >= 0.3 is 11.9 Å². The Hall–Kier alpha value is -1.14. The van der Waals surface area contributed by atoms with Gasteiger partial charge in [-0.2, -0.15) is 0 Å². The number of hydrogen-bond acceptors (Lipinski definition) is 6. The highest BCUT2D eigenvalue weighted by atomic mass is 33.1. The Morgan fingerprint density at radius 2 is 1.96 bits per heavy atom. The number of ether oxygens (including phenoxy) is 2. The molecule has 0 bridgehead atoms. The fourth-order valence-electron chi connectivity index (χ4n) is 2.44. The molecule has 1 aromatic rings. The number of hydrogen-bond donors (Lipinski definition) is 0. The minimum atomic E-state index is -0.593. The summed E-state index contributed by atoms with van der Waals surface area (Å²) in [6, 6.07) is 6.72. The highest BCUT2D eigenvalue weighted by Gasteiger charge is 2.22. The van der Waals surface area contributed by atoms with Gasteiger partial charge in [-0.25, -0.2) is 4.79 Å². The summed E-state index contributed by atoms with van der Waals surface area (Å²) in [5.41, 5.74) is -0.310. The summed E-state index contributed by atoms with van der Waals surface area (Å²) in [5, 5.41) is 0.730. The Balaban J connectivity index is 1.82. The van der Waals surface area contributed by atoms with E-state index < -0.39 is 11.6 Å². The topological polar surface area (TPSA) is 52.6 Å². The molecule has 1 aliphatic rings. The third-order valence-corrected chi connectivity index (χ3v) is 6.62. The molecule has 2 rings (SSSR count). The van der Waals surface area contributed by atoms with Crippen LogP contribution in [-0.4, -0.2) is 28.5 Å². The van der Waals surface area contributed by atoms with Crippen molar-refractivity contribution in [1.82, 2.24) is 0 Å². The molecule has 1 fully saturated rings. The van der Waals surface area contributed by atoms with Crippen LogP contribution in [0.4, 0.5) is 0 Å². The van der Waals surface area contributed by atoms with Crippen molar-refractivity contribution < 1.29 is 19.1 Å². The van der Waals surface area contributed by atoms with E-state index in [0.717, 1.165) is 24.5 Å². The summed E-state index contributed by atoms with van der Waals surface area (Å²) in [6.07, 6.45) is 4.63. The number of carbonyl (C=O) groups is 2. The zero-order chi connectivity index (χ0) is 18.3. The largest absolute Gasteiger partial charge is 0.456 e. The Kier molecular flexibility index (Phi) is 7.69. The first-order chi connectivity index (χ1) is 11.8. The first-order valence-electron chi connectivity index (χ1n) is 8.66. The summed E-state index contributed by atoms with van der Waals surface area (Å²) >= 11 is 0. The number of carbonyl (C=O) groups excluding carboxylic acids is 2. The van der Waals surface area contributed by atoms with E-state index in [-0.39, 0.29) is 17.3 Å². The average molecular weight is 383 g/mol. The summed E-state index contributed by atoms with van der Waals surface area (Å²) in [7, 11) is 3.90. The maximum absolute atomic E-state index is 12.3. The number of para-hydroxylation sites is 1. The molecule has 0 aliphatic carbocycles. The number of benzene rings is 1. The second kappa shape index (κ2) is 9.53. The molecule has 6 heteroatoms. The molecule has 0 spiro atoms. The Morgan fingerprint density at radius 3 is 2.64 bits per heavy atom. The molecule has 0 amide bonds. The van der Waals surface area contributed by atoms with E-state index in [2.05, 4.69) is 0 Å². The van der Waals surface area contributed by atoms with Crippen molar-refractivity contribution in [1.29, 1.82) is 0 Å². The zero-order valence-corrected chi connectivity index (χ0v) is 16.7. The lowest BCUT2D eigenvalue weighted by Crippen LogP contribution is -2.24. The van der Waals surface area contributed by atoms with Crippen LogP contribution < -0.4 is 4.74 Å². The third kappa shape index (κ3) is 7.32. The first-order valence-corrected chi connectivity index (χ1v) is 11.0. The lowest BCUT2D eigenvalue weighted by molar-refractivity contribution is -0.134. The number of rotatable bonds is 7. The summed E-state index contributed by atoms with van der Waals surface area (Å²) < 4.78 is 10.8. The number of unbranched alkanes of at least 4 members (excludes halogenated alkanes) is 1. The van der Waals surface area contributed by atoms with Gasteiger partial charge in [-0.3, -0.25) is 4.79 Å². The highest BCUT2D eigenvalue weighted by molar-refractivity contribution is 8.77. The number of esters is 2. The molecule has 4 nitrogen and oxygen atoms in total. The van der Waals surface area contributed by atoms with E-state index in [1.54, 1.807) is 45.0 Å². The van der Waals surface area contributed by atoms with Crippen molar-refractivity contribution in [3.05, 3.63) is 29.8 Å². The van der Waals surface area contributed by atoms with Gasteiger partial charge in [-0.05, 0) is 52.2 Å². The molecule has 1 saturated heterocycles. The van der Waals surface area contributed by atoms with Gasteiger partial charge in [0.25, 0.3) is 0 Å². The van der Waals surface area contributed by atoms with Crippen LogP contribution in [0.15, 0.2) is 24.3 Å². The van der Waals surface area contributed by atoms with Crippen molar-refractivity contribution in [3.8, 4) is 5.75 Å². The average Bonchev–Trinajstić information content (AvgIpc) is 3.04. The van der Waals surface area contributed by atoms with Crippen molar-refractivity contribution >= 4 is 33.5 Å². The van der Waals surface area contributed by atoms with Crippen LogP contribution in [0.1, 0.15) is 63.2 Å². The van der Waals surface area contributed by atoms with E-state index in [1.165, 1.54) is 12.2 Å². The van der Waals surface area contributed by atoms with Gasteiger partial charge < -0.3 is 9.47 Å². The van der Waals surface area contributed by atoms with E-state index in [4.69, 9.17) is 9.47 Å². The summed E-state index contributed by atoms with van der Waals surface area (Å²) in [6.45, 7) is 5.42. The van der Waals surface area contributed by atoms with Gasteiger partial charge in [0.15, 0.2) is 0 Å². The van der Waals surface area contributed by atoms with Crippen LogP contribution in [0.5, 0.6) is 5.75 Å². The van der Waals surface area contributed by atoms with Crippen molar-refractivity contribution in [2.45, 2.75) is 63.7 Å². The molecule has 25 heavy (non-hydrogen) atoms. The third-order valence-electron chi connectivity index (χ3n) is 3.61. The lowest BCUT2D eigenvalue weighted by Gasteiger charge is -2.20. The predicted molar refractivity (Wildman–Crippen MR) is 104 cm³/mol. The molecule has 1 aromatic carbocycles. The van der Waals surface area contributed by atoms with Crippen LogP contribution in [0.3, 0.4) is 0 Å². The van der Waals surface area contributed by atoms with Gasteiger partial charge in [-0.1, -0.05) is 40.1 Å². The molecule has 138 valence electrons. The predicted octanol–water partition coefficient (Wildman–Crippen LogP) is 5.26. The molecule has 1 aliphatic heterocycles. The monoisotopic (exact) mass is 382 g/mol. The van der Waals surface area contributed by atoms with E-state index >= 15 is 0 Å². The summed E-state index contributed by atoms with van der Waals surface area (Å²) in [4.78, 5) is 24.3. The minimum absolute atomic E-state index is 0.268. The molecule has 0 saturated carbocycles. The van der Waals surface area contributed by atoms with Gasteiger partial charge in [0, 0.05) is 17.4 Å². The zero-order valence-electron chi connectivity index (χ0n) is 15.1. The normalized spacial score (nSPS) is 17.3. The van der Waals surface area contributed by atoms with Crippen LogP contribution in [0, 0.1) is 0 Å². The lowest BCUT2D eigenvalue weighted by atomic mass is 10.1. The maximum Gasteiger partial charge on any atom is 0.342 e. The highest BCUT2D eigenvalue weighted by Crippen LogP contribution is 2.39. The molecule has 0 radical (unpaired) electrons. The fraction of sp³-hybridized carbons (Fsp3) is 0.579. The van der Waals surface area contributed by atoms with Crippen LogP contribution >= 0.6 is 21.6 Å². The molecule has 1 unspecified atom stereocenters. The van der Waals surface area contributed by atoms with E-state index in [9.17, 15) is 9.59 Å². The minimum Gasteiger partial charge on any atom is -0.456 e. The quantitative estimate of drug-likeness (QED) is 0.277.